The molecule has 0 aliphatic carbocycles. The van der Waals surface area contributed by atoms with Crippen LogP contribution in [0.25, 0.3) is 0 Å². The summed E-state index contributed by atoms with van der Waals surface area (Å²) >= 11 is 0. The van der Waals surface area contributed by atoms with Crippen LogP contribution in [0.15, 0.2) is 30.3 Å². The highest BCUT2D eigenvalue weighted by Crippen LogP contribution is 2.31. The molecule has 1 aromatic carbocycles. The lowest BCUT2D eigenvalue weighted by molar-refractivity contribution is 0.153. The number of piperidine rings is 1. The third-order valence-electron chi connectivity index (χ3n) is 5.45. The number of aromatic nitrogens is 2. The Kier molecular flexibility index (Phi) is 5.27. The van der Waals surface area contributed by atoms with E-state index in [2.05, 4.69) is 40.1 Å². The molecule has 2 aromatic rings. The minimum Gasteiger partial charge on any atom is -0.391 e. The maximum atomic E-state index is 10.2. The van der Waals surface area contributed by atoms with Gasteiger partial charge >= 0.3 is 0 Å². The third kappa shape index (κ3) is 4.06. The van der Waals surface area contributed by atoms with Crippen molar-refractivity contribution in [2.24, 2.45) is 0 Å². The first-order valence-electron chi connectivity index (χ1n) is 9.86. The Hall–Kier alpha value is -2.18. The van der Waals surface area contributed by atoms with Gasteiger partial charge in [0.25, 0.3) is 0 Å². The van der Waals surface area contributed by atoms with Gasteiger partial charge in [-0.3, -0.25) is 4.90 Å². The SMILES string of the molecule is CN(C)c1nc2c(c(N3CCC[C@@H](O)C3)n1)CN(Cc1ccccc1)CC2. The maximum absolute atomic E-state index is 10.2. The Morgan fingerprint density at radius 3 is 2.70 bits per heavy atom. The number of hydrogen-bond acceptors (Lipinski definition) is 6. The van der Waals surface area contributed by atoms with E-state index < -0.39 is 0 Å². The predicted molar refractivity (Wildman–Crippen MR) is 108 cm³/mol. The van der Waals surface area contributed by atoms with Crippen molar-refractivity contribution in [3.8, 4) is 0 Å². The van der Waals surface area contributed by atoms with Gasteiger partial charge in [0.2, 0.25) is 5.95 Å². The van der Waals surface area contributed by atoms with Crippen LogP contribution in [0.3, 0.4) is 0 Å². The van der Waals surface area contributed by atoms with Crippen LogP contribution in [0.4, 0.5) is 11.8 Å². The predicted octanol–water partition coefficient (Wildman–Crippen LogP) is 2.06. The fourth-order valence-corrected chi connectivity index (χ4v) is 4.03. The molecule has 0 saturated carbocycles. The van der Waals surface area contributed by atoms with Crippen LogP contribution in [0, 0.1) is 0 Å². The molecule has 27 heavy (non-hydrogen) atoms. The van der Waals surface area contributed by atoms with Gasteiger partial charge in [0.05, 0.1) is 11.8 Å². The van der Waals surface area contributed by atoms with E-state index in [1.54, 1.807) is 0 Å². The number of fused-ring (bicyclic) bond motifs is 1. The third-order valence-corrected chi connectivity index (χ3v) is 5.45. The molecule has 1 saturated heterocycles. The van der Waals surface area contributed by atoms with Crippen molar-refractivity contribution in [3.05, 3.63) is 47.2 Å². The average Bonchev–Trinajstić information content (AvgIpc) is 2.68. The van der Waals surface area contributed by atoms with Gasteiger partial charge in [-0.15, -0.1) is 0 Å². The Labute approximate surface area is 161 Å². The van der Waals surface area contributed by atoms with Crippen molar-refractivity contribution in [2.75, 3.05) is 43.5 Å². The van der Waals surface area contributed by atoms with Crippen molar-refractivity contribution in [3.63, 3.8) is 0 Å². The van der Waals surface area contributed by atoms with Crippen LogP contribution in [0.5, 0.6) is 0 Å². The maximum Gasteiger partial charge on any atom is 0.227 e. The normalized spacial score (nSPS) is 20.4. The smallest absolute Gasteiger partial charge is 0.227 e. The van der Waals surface area contributed by atoms with Gasteiger partial charge in [0.1, 0.15) is 5.82 Å². The molecule has 0 amide bonds. The molecule has 2 aliphatic heterocycles. The van der Waals surface area contributed by atoms with Gasteiger partial charge in [-0.25, -0.2) is 4.98 Å². The lowest BCUT2D eigenvalue weighted by Gasteiger charge is -2.36. The van der Waals surface area contributed by atoms with E-state index in [0.29, 0.717) is 6.54 Å². The van der Waals surface area contributed by atoms with Gasteiger partial charge in [-0.1, -0.05) is 30.3 Å². The summed E-state index contributed by atoms with van der Waals surface area (Å²) in [6, 6.07) is 10.6. The Morgan fingerprint density at radius 1 is 1.15 bits per heavy atom. The van der Waals surface area contributed by atoms with E-state index in [1.165, 1.54) is 11.1 Å². The number of aliphatic hydroxyl groups excluding tert-OH is 1. The summed E-state index contributed by atoms with van der Waals surface area (Å²) in [5, 5.41) is 10.2. The lowest BCUT2D eigenvalue weighted by atomic mass is 10.0. The molecule has 4 rings (SSSR count). The minimum absolute atomic E-state index is 0.267. The van der Waals surface area contributed by atoms with E-state index in [-0.39, 0.29) is 6.10 Å². The van der Waals surface area contributed by atoms with E-state index in [9.17, 15) is 5.11 Å². The summed E-state index contributed by atoms with van der Waals surface area (Å²) in [5.74, 6) is 1.78. The standard InChI is InChI=1S/C21H29N5O/c1-24(2)21-22-19-10-12-25(13-16-7-4-3-5-8-16)15-18(19)20(23-21)26-11-6-9-17(27)14-26/h3-5,7-8,17,27H,6,9-15H2,1-2H3/t17-/m1/s1. The molecule has 1 atom stereocenters. The Bertz CT molecular complexity index is 780. The number of aliphatic hydroxyl groups is 1. The molecule has 144 valence electrons. The molecule has 0 radical (unpaired) electrons. The first-order valence-corrected chi connectivity index (χ1v) is 9.86. The number of nitrogens with zero attached hydrogens (tertiary/aromatic N) is 5. The largest absolute Gasteiger partial charge is 0.391 e. The molecule has 6 nitrogen and oxygen atoms in total. The number of anilines is 2. The van der Waals surface area contributed by atoms with Crippen LogP contribution in [-0.4, -0.2) is 59.8 Å². The second kappa shape index (κ2) is 7.82. The Morgan fingerprint density at radius 2 is 1.96 bits per heavy atom. The summed E-state index contributed by atoms with van der Waals surface area (Å²) in [5.41, 5.74) is 3.73. The van der Waals surface area contributed by atoms with Crippen molar-refractivity contribution >= 4 is 11.8 Å². The summed E-state index contributed by atoms with van der Waals surface area (Å²) in [4.78, 5) is 16.4. The molecule has 1 fully saturated rings. The van der Waals surface area contributed by atoms with Crippen LogP contribution in [0.1, 0.15) is 29.7 Å². The molecule has 1 aromatic heterocycles. The monoisotopic (exact) mass is 367 g/mol. The van der Waals surface area contributed by atoms with E-state index in [0.717, 1.165) is 62.9 Å². The zero-order valence-electron chi connectivity index (χ0n) is 16.3. The second-order valence-corrected chi connectivity index (χ2v) is 7.86. The van der Waals surface area contributed by atoms with Crippen LogP contribution in [-0.2, 0) is 19.5 Å². The molecule has 0 spiro atoms. The zero-order chi connectivity index (χ0) is 18.8. The van der Waals surface area contributed by atoms with Gasteiger partial charge in [0.15, 0.2) is 0 Å². The van der Waals surface area contributed by atoms with Crippen molar-refractivity contribution < 1.29 is 5.11 Å². The summed E-state index contributed by atoms with van der Waals surface area (Å²) in [6.07, 6.45) is 2.56. The van der Waals surface area contributed by atoms with Crippen LogP contribution in [0.2, 0.25) is 0 Å². The first-order chi connectivity index (χ1) is 13.1. The van der Waals surface area contributed by atoms with E-state index in [4.69, 9.17) is 9.97 Å². The van der Waals surface area contributed by atoms with Gasteiger partial charge < -0.3 is 14.9 Å². The lowest BCUT2D eigenvalue weighted by Crippen LogP contribution is -2.41. The number of hydrogen-bond donors (Lipinski definition) is 1. The fourth-order valence-electron chi connectivity index (χ4n) is 4.03. The summed E-state index contributed by atoms with van der Waals surface area (Å²) in [7, 11) is 3.97. The molecular weight excluding hydrogens is 338 g/mol. The molecule has 1 N–H and O–H groups in total. The van der Waals surface area contributed by atoms with Crippen molar-refractivity contribution in [1.82, 2.24) is 14.9 Å². The first kappa shape index (κ1) is 18.2. The van der Waals surface area contributed by atoms with E-state index in [1.807, 2.05) is 19.0 Å². The van der Waals surface area contributed by atoms with Gasteiger partial charge in [0, 0.05) is 58.8 Å². The molecule has 3 heterocycles. The average molecular weight is 367 g/mol. The topological polar surface area (TPSA) is 55.7 Å². The van der Waals surface area contributed by atoms with E-state index >= 15 is 0 Å². The number of rotatable bonds is 4. The number of β-amino-alcohol motifs (C(OH)–C–C–N with tert-alkyl or cyclic N) is 1. The van der Waals surface area contributed by atoms with Crippen molar-refractivity contribution in [1.29, 1.82) is 0 Å². The van der Waals surface area contributed by atoms with Crippen molar-refractivity contribution in [2.45, 2.75) is 38.5 Å². The minimum atomic E-state index is -0.267. The molecule has 6 heteroatoms. The fraction of sp³-hybridized carbons (Fsp3) is 0.524. The number of benzene rings is 1. The summed E-state index contributed by atoms with van der Waals surface area (Å²) in [6.45, 7) is 4.42. The van der Waals surface area contributed by atoms with Crippen LogP contribution >= 0.6 is 0 Å². The molecule has 0 bridgehead atoms. The molecule has 2 aliphatic rings. The molecule has 0 unspecified atom stereocenters. The quantitative estimate of drug-likeness (QED) is 0.893. The summed E-state index contributed by atoms with van der Waals surface area (Å²) < 4.78 is 0. The Balaban J connectivity index is 1.63. The zero-order valence-corrected chi connectivity index (χ0v) is 16.3. The second-order valence-electron chi connectivity index (χ2n) is 7.86. The van der Waals surface area contributed by atoms with Gasteiger partial charge in [-0.2, -0.15) is 4.98 Å². The highest BCUT2D eigenvalue weighted by molar-refractivity contribution is 5.54. The highest BCUT2D eigenvalue weighted by Gasteiger charge is 2.28. The highest BCUT2D eigenvalue weighted by atomic mass is 16.3. The molecular formula is C21H29N5O. The van der Waals surface area contributed by atoms with Crippen LogP contribution < -0.4 is 9.80 Å². The van der Waals surface area contributed by atoms with Gasteiger partial charge in [-0.05, 0) is 18.4 Å².